The second-order valence-electron chi connectivity index (χ2n) is 9.61. The molecule has 2 heterocycles. The van der Waals surface area contributed by atoms with Gasteiger partial charge in [-0.15, -0.1) is 5.10 Å². The third kappa shape index (κ3) is 4.35. The highest BCUT2D eigenvalue weighted by molar-refractivity contribution is 6.74. The van der Waals surface area contributed by atoms with Gasteiger partial charge in [-0.2, -0.15) is 0 Å². The molecule has 1 aliphatic heterocycles. The van der Waals surface area contributed by atoms with E-state index in [4.69, 9.17) is 18.5 Å². The van der Waals surface area contributed by atoms with Crippen LogP contribution in [-0.2, 0) is 20.8 Å². The molecule has 0 N–H and O–H groups in total. The minimum absolute atomic E-state index is 0.186. The maximum atomic E-state index is 6.17. The van der Waals surface area contributed by atoms with Crippen LogP contribution in [0.2, 0.25) is 18.1 Å². The Kier molecular flexibility index (Phi) is 5.75. The predicted molar refractivity (Wildman–Crippen MR) is 108 cm³/mol. The van der Waals surface area contributed by atoms with Crippen LogP contribution in [0.4, 0.5) is 0 Å². The summed E-state index contributed by atoms with van der Waals surface area (Å²) in [5, 5.41) is 4.61. The van der Waals surface area contributed by atoms with Crippen molar-refractivity contribution >= 4 is 20.9 Å². The Bertz CT molecular complexity index is 622. The summed E-state index contributed by atoms with van der Waals surface area (Å²) >= 11 is 0. The highest BCUT2D eigenvalue weighted by Crippen LogP contribution is 2.37. The van der Waals surface area contributed by atoms with Crippen LogP contribution in [0.1, 0.15) is 48.5 Å². The molecule has 0 spiro atoms. The van der Waals surface area contributed by atoms with E-state index in [0.717, 1.165) is 5.46 Å². The third-order valence-electron chi connectivity index (χ3n) is 5.92. The molecule has 1 fully saturated rings. The van der Waals surface area contributed by atoms with Crippen LogP contribution < -0.4 is 10.2 Å². The summed E-state index contributed by atoms with van der Waals surface area (Å²) in [6.45, 7) is 20.3. The van der Waals surface area contributed by atoms with E-state index in [9.17, 15) is 0 Å². The van der Waals surface area contributed by atoms with Crippen molar-refractivity contribution in [2.24, 2.45) is 7.05 Å². The lowest BCUT2D eigenvalue weighted by molar-refractivity contribution is 0.00578. The van der Waals surface area contributed by atoms with Crippen LogP contribution in [0.15, 0.2) is 6.20 Å². The van der Waals surface area contributed by atoms with E-state index in [2.05, 4.69) is 39.0 Å². The summed E-state index contributed by atoms with van der Waals surface area (Å²) in [4.78, 5) is 0. The average Bonchev–Trinajstić information content (AvgIpc) is 2.91. The van der Waals surface area contributed by atoms with Crippen molar-refractivity contribution in [3.05, 3.63) is 6.20 Å². The second-order valence-corrected chi connectivity index (χ2v) is 14.4. The number of aromatic nitrogens is 2. The molecule has 1 aromatic rings. The molecule has 0 amide bonds. The molecule has 0 saturated carbocycles. The molecule has 1 saturated heterocycles. The molecule has 0 radical (unpaired) electrons. The summed E-state index contributed by atoms with van der Waals surface area (Å²) in [6.07, 6.45) is 1.90. The van der Waals surface area contributed by atoms with Crippen LogP contribution >= 0.6 is 0 Å². The van der Waals surface area contributed by atoms with Crippen LogP contribution in [0.3, 0.4) is 0 Å². The smallest absolute Gasteiger partial charge is 0.474 e. The Morgan fingerprint density at radius 1 is 1.12 bits per heavy atom. The first-order chi connectivity index (χ1) is 11.7. The monoisotopic (exact) mass is 382 g/mol. The third-order valence-corrected chi connectivity index (χ3v) is 10.5. The molecule has 1 aromatic heterocycles. The Morgan fingerprint density at radius 3 is 2.15 bits per heavy atom. The van der Waals surface area contributed by atoms with Crippen LogP contribution in [-0.4, -0.2) is 49.6 Å². The fraction of sp³-hybridized carbons (Fsp3) is 0.833. The van der Waals surface area contributed by atoms with Crippen LogP contribution in [0, 0.1) is 0 Å². The van der Waals surface area contributed by atoms with Gasteiger partial charge in [0.05, 0.1) is 23.3 Å². The topological polar surface area (TPSA) is 54.7 Å². The fourth-order valence-corrected chi connectivity index (χ4v) is 3.41. The number of rotatable bonds is 6. The van der Waals surface area contributed by atoms with Gasteiger partial charge in [0.1, 0.15) is 6.61 Å². The summed E-state index contributed by atoms with van der Waals surface area (Å²) in [6, 6.07) is 0. The second kappa shape index (κ2) is 6.96. The quantitative estimate of drug-likeness (QED) is 0.559. The van der Waals surface area contributed by atoms with E-state index in [1.54, 1.807) is 4.68 Å². The summed E-state index contributed by atoms with van der Waals surface area (Å²) in [5.41, 5.74) is 0.0328. The molecule has 26 heavy (non-hydrogen) atoms. The van der Waals surface area contributed by atoms with Crippen molar-refractivity contribution in [1.82, 2.24) is 9.78 Å². The van der Waals surface area contributed by atoms with Gasteiger partial charge in [-0.05, 0) is 45.8 Å². The molecule has 0 atom stereocenters. The molecule has 148 valence electrons. The Hall–Kier alpha value is -0.828. The molecule has 0 unspecified atom stereocenters. The Labute approximate surface area is 159 Å². The number of ether oxygens (including phenoxy) is 1. The SMILES string of the molecule is Cn1cc(B2OC(C)(C)C(C)(C)O2)c(OCCO[Si](C)(C)C(C)(C)C)n1. The van der Waals surface area contributed by atoms with Gasteiger partial charge in [0, 0.05) is 13.2 Å². The van der Waals surface area contributed by atoms with E-state index < -0.39 is 26.6 Å². The van der Waals surface area contributed by atoms with Gasteiger partial charge in [-0.1, -0.05) is 20.8 Å². The zero-order valence-corrected chi connectivity index (χ0v) is 19.1. The van der Waals surface area contributed by atoms with Gasteiger partial charge >= 0.3 is 7.12 Å². The first kappa shape index (κ1) is 21.5. The van der Waals surface area contributed by atoms with Crippen molar-refractivity contribution < 1.29 is 18.5 Å². The van der Waals surface area contributed by atoms with E-state index in [1.807, 2.05) is 40.9 Å². The normalized spacial score (nSPS) is 19.8. The van der Waals surface area contributed by atoms with Crippen LogP contribution in [0.5, 0.6) is 5.88 Å². The predicted octanol–water partition coefficient (Wildman–Crippen LogP) is 3.12. The molecule has 0 bridgehead atoms. The van der Waals surface area contributed by atoms with Gasteiger partial charge in [0.2, 0.25) is 5.88 Å². The minimum atomic E-state index is -1.77. The number of aryl methyl sites for hydroxylation is 1. The van der Waals surface area contributed by atoms with Crippen molar-refractivity contribution in [2.45, 2.75) is 77.8 Å². The van der Waals surface area contributed by atoms with Crippen molar-refractivity contribution in [3.63, 3.8) is 0 Å². The Balaban J connectivity index is 2.00. The maximum Gasteiger partial charge on any atom is 0.502 e. The lowest BCUT2D eigenvalue weighted by Gasteiger charge is -2.36. The van der Waals surface area contributed by atoms with Crippen molar-refractivity contribution in [1.29, 1.82) is 0 Å². The first-order valence-corrected chi connectivity index (χ1v) is 12.2. The maximum absolute atomic E-state index is 6.17. The zero-order chi connectivity index (χ0) is 20.0. The molecule has 1 aliphatic rings. The summed E-state index contributed by atoms with van der Waals surface area (Å²) in [5.74, 6) is 0.546. The summed E-state index contributed by atoms with van der Waals surface area (Å²) < 4.78 is 26.1. The highest BCUT2D eigenvalue weighted by Gasteiger charge is 2.53. The molecule has 0 aromatic carbocycles. The van der Waals surface area contributed by atoms with Gasteiger partial charge in [0.25, 0.3) is 0 Å². The van der Waals surface area contributed by atoms with Gasteiger partial charge < -0.3 is 18.5 Å². The standard InChI is InChI=1S/C18H35BN2O4Si/c1-16(2,3)26(9,10)23-12-11-22-15-14(13-21(8)20-15)19-24-17(4,5)18(6,7)25-19/h13H,11-12H2,1-10H3. The molecule has 8 heteroatoms. The van der Waals surface area contributed by atoms with Crippen molar-refractivity contribution in [2.75, 3.05) is 13.2 Å². The highest BCUT2D eigenvalue weighted by atomic mass is 28.4. The largest absolute Gasteiger partial charge is 0.502 e. The lowest BCUT2D eigenvalue weighted by Crippen LogP contribution is -2.41. The number of hydrogen-bond acceptors (Lipinski definition) is 5. The van der Waals surface area contributed by atoms with Gasteiger partial charge in [0.15, 0.2) is 8.32 Å². The molecule has 0 aliphatic carbocycles. The van der Waals surface area contributed by atoms with E-state index in [1.165, 1.54) is 0 Å². The number of hydrogen-bond donors (Lipinski definition) is 0. The van der Waals surface area contributed by atoms with Gasteiger partial charge in [-0.3, -0.25) is 4.68 Å². The average molecular weight is 382 g/mol. The zero-order valence-electron chi connectivity index (χ0n) is 18.1. The molecular weight excluding hydrogens is 347 g/mol. The first-order valence-electron chi connectivity index (χ1n) is 9.32. The molecule has 2 rings (SSSR count). The van der Waals surface area contributed by atoms with Gasteiger partial charge in [-0.25, -0.2) is 0 Å². The van der Waals surface area contributed by atoms with Crippen LogP contribution in [0.25, 0.3) is 0 Å². The number of nitrogens with zero attached hydrogens (tertiary/aromatic N) is 2. The fourth-order valence-electron chi connectivity index (χ4n) is 2.38. The van der Waals surface area contributed by atoms with Crippen molar-refractivity contribution in [3.8, 4) is 5.88 Å². The molecular formula is C18H35BN2O4Si. The molecule has 6 nitrogen and oxygen atoms in total. The Morgan fingerprint density at radius 2 is 1.65 bits per heavy atom. The van der Waals surface area contributed by atoms with E-state index >= 15 is 0 Å². The van der Waals surface area contributed by atoms with E-state index in [-0.39, 0.29) is 5.04 Å². The summed E-state index contributed by atoms with van der Waals surface area (Å²) in [7, 11) is -0.383. The van der Waals surface area contributed by atoms with E-state index in [0.29, 0.717) is 19.1 Å². The minimum Gasteiger partial charge on any atom is -0.474 e. The lowest BCUT2D eigenvalue weighted by atomic mass is 9.81.